The van der Waals surface area contributed by atoms with Crippen molar-refractivity contribution in [2.45, 2.75) is 26.9 Å². The molecule has 3 aromatic heterocycles. The first-order valence-corrected chi connectivity index (χ1v) is 9.91. The zero-order valence-corrected chi connectivity index (χ0v) is 17.6. The summed E-state index contributed by atoms with van der Waals surface area (Å²) in [5, 5.41) is 8.06. The molecule has 1 aromatic carbocycles. The summed E-state index contributed by atoms with van der Waals surface area (Å²) in [7, 11) is 0. The molecule has 0 aliphatic rings. The molecule has 0 atom stereocenters. The maximum Gasteiger partial charge on any atom is 0.255 e. The quantitative estimate of drug-likeness (QED) is 0.489. The van der Waals surface area contributed by atoms with Gasteiger partial charge in [-0.2, -0.15) is 0 Å². The molecule has 160 valence electrons. The van der Waals surface area contributed by atoms with Crippen molar-refractivity contribution < 1.29 is 4.39 Å². The van der Waals surface area contributed by atoms with E-state index in [0.29, 0.717) is 23.2 Å². The van der Waals surface area contributed by atoms with Crippen molar-refractivity contribution in [1.82, 2.24) is 29.5 Å². The lowest BCUT2D eigenvalue weighted by atomic mass is 10.0. The van der Waals surface area contributed by atoms with Gasteiger partial charge in [-0.3, -0.25) is 4.79 Å². The van der Waals surface area contributed by atoms with Gasteiger partial charge in [0.05, 0.1) is 12.7 Å². The number of hydrogen-bond donors (Lipinski definition) is 1. The Kier molecular flexibility index (Phi) is 5.52. The number of hydrogen-bond acceptors (Lipinski definition) is 6. The lowest BCUT2D eigenvalue weighted by Crippen LogP contribution is -2.23. The number of halogens is 1. The molecule has 0 radical (unpaired) electrons. The summed E-state index contributed by atoms with van der Waals surface area (Å²) in [6, 6.07) is 8.88. The van der Waals surface area contributed by atoms with Crippen LogP contribution >= 0.6 is 0 Å². The highest BCUT2D eigenvalue weighted by Crippen LogP contribution is 2.28. The van der Waals surface area contributed by atoms with Gasteiger partial charge in [0.1, 0.15) is 11.4 Å². The van der Waals surface area contributed by atoms with E-state index in [0.717, 1.165) is 5.56 Å². The molecular formula is C23H20FN7O. The molecule has 0 saturated carbocycles. The van der Waals surface area contributed by atoms with Gasteiger partial charge in [0.2, 0.25) is 0 Å². The van der Waals surface area contributed by atoms with Crippen LogP contribution in [0.25, 0.3) is 22.8 Å². The SMILES string of the molecule is C#Cc1cccc(-c2nc(N)c(F)c(-c3cn(Cc4cccn(CC)c4=O)nn3)n2)c1C. The Morgan fingerprint density at radius 3 is 2.78 bits per heavy atom. The Balaban J connectivity index is 1.74. The number of rotatable bonds is 5. The van der Waals surface area contributed by atoms with E-state index in [1.807, 2.05) is 13.8 Å². The molecular weight excluding hydrogens is 409 g/mol. The third kappa shape index (κ3) is 3.74. The van der Waals surface area contributed by atoms with Gasteiger partial charge in [0.25, 0.3) is 5.56 Å². The monoisotopic (exact) mass is 429 g/mol. The second kappa shape index (κ2) is 8.43. The van der Waals surface area contributed by atoms with Crippen molar-refractivity contribution in [2.75, 3.05) is 5.73 Å². The zero-order valence-electron chi connectivity index (χ0n) is 17.6. The highest BCUT2D eigenvalue weighted by molar-refractivity contribution is 5.69. The van der Waals surface area contributed by atoms with E-state index in [1.54, 1.807) is 41.1 Å². The van der Waals surface area contributed by atoms with E-state index in [2.05, 4.69) is 26.2 Å². The number of nitrogen functional groups attached to an aromatic ring is 1. The smallest absolute Gasteiger partial charge is 0.255 e. The summed E-state index contributed by atoms with van der Waals surface area (Å²) in [6.07, 6.45) is 8.78. The molecule has 2 N–H and O–H groups in total. The lowest BCUT2D eigenvalue weighted by Gasteiger charge is -2.09. The predicted octanol–water partition coefficient (Wildman–Crippen LogP) is 2.64. The predicted molar refractivity (Wildman–Crippen MR) is 119 cm³/mol. The first kappa shape index (κ1) is 20.9. The van der Waals surface area contributed by atoms with Crippen LogP contribution in [0.1, 0.15) is 23.6 Å². The number of pyridine rings is 1. The number of benzene rings is 1. The lowest BCUT2D eigenvalue weighted by molar-refractivity contribution is 0.623. The third-order valence-electron chi connectivity index (χ3n) is 5.16. The van der Waals surface area contributed by atoms with E-state index in [-0.39, 0.29) is 35.1 Å². The van der Waals surface area contributed by atoms with Crippen LogP contribution in [0.3, 0.4) is 0 Å². The summed E-state index contributed by atoms with van der Waals surface area (Å²) in [5.74, 6) is 1.74. The van der Waals surface area contributed by atoms with E-state index >= 15 is 0 Å². The van der Waals surface area contributed by atoms with Crippen LogP contribution in [0.15, 0.2) is 47.5 Å². The standard InChI is InChI=1S/C23H20FN7O/c1-4-15-8-6-10-17(14(15)3)22-26-20(19(24)21(25)27-22)18-13-31(29-28-18)12-16-9-7-11-30(5-2)23(16)32/h1,6-11,13H,5,12H2,2-3H3,(H2,25,26,27). The van der Waals surface area contributed by atoms with Crippen molar-refractivity contribution in [1.29, 1.82) is 0 Å². The molecule has 0 spiro atoms. The van der Waals surface area contributed by atoms with Gasteiger partial charge in [-0.15, -0.1) is 11.5 Å². The van der Waals surface area contributed by atoms with Gasteiger partial charge in [0, 0.05) is 29.4 Å². The maximum absolute atomic E-state index is 14.8. The highest BCUT2D eigenvalue weighted by Gasteiger charge is 2.19. The number of aromatic nitrogens is 6. The van der Waals surface area contributed by atoms with E-state index < -0.39 is 5.82 Å². The minimum Gasteiger partial charge on any atom is -0.381 e. The van der Waals surface area contributed by atoms with Crippen LogP contribution in [-0.2, 0) is 13.1 Å². The van der Waals surface area contributed by atoms with Crippen LogP contribution in [0.2, 0.25) is 0 Å². The molecule has 3 heterocycles. The van der Waals surface area contributed by atoms with Gasteiger partial charge in [-0.25, -0.2) is 19.0 Å². The molecule has 9 heteroatoms. The minimum atomic E-state index is -0.792. The average molecular weight is 429 g/mol. The Morgan fingerprint density at radius 1 is 1.22 bits per heavy atom. The van der Waals surface area contributed by atoms with Crippen LogP contribution in [0.4, 0.5) is 10.2 Å². The third-order valence-corrected chi connectivity index (χ3v) is 5.16. The van der Waals surface area contributed by atoms with E-state index in [9.17, 15) is 9.18 Å². The molecule has 8 nitrogen and oxygen atoms in total. The van der Waals surface area contributed by atoms with Crippen molar-refractivity contribution in [3.8, 4) is 35.1 Å². The Morgan fingerprint density at radius 2 is 2.03 bits per heavy atom. The fourth-order valence-corrected chi connectivity index (χ4v) is 3.40. The minimum absolute atomic E-state index is 0.0803. The molecule has 0 bridgehead atoms. The average Bonchev–Trinajstić information content (AvgIpc) is 3.25. The van der Waals surface area contributed by atoms with Crippen molar-refractivity contribution in [3.05, 3.63) is 75.6 Å². The normalized spacial score (nSPS) is 10.8. The summed E-state index contributed by atoms with van der Waals surface area (Å²) in [5.41, 5.74) is 8.46. The summed E-state index contributed by atoms with van der Waals surface area (Å²) < 4.78 is 17.9. The highest BCUT2D eigenvalue weighted by atomic mass is 19.1. The topological polar surface area (TPSA) is 105 Å². The number of anilines is 1. The van der Waals surface area contributed by atoms with Gasteiger partial charge in [-0.1, -0.05) is 29.3 Å². The van der Waals surface area contributed by atoms with Crippen molar-refractivity contribution in [2.24, 2.45) is 0 Å². The van der Waals surface area contributed by atoms with Crippen LogP contribution in [0, 0.1) is 25.1 Å². The molecule has 32 heavy (non-hydrogen) atoms. The van der Waals surface area contributed by atoms with Crippen LogP contribution in [0.5, 0.6) is 0 Å². The fourth-order valence-electron chi connectivity index (χ4n) is 3.40. The van der Waals surface area contributed by atoms with E-state index in [4.69, 9.17) is 12.2 Å². The van der Waals surface area contributed by atoms with Gasteiger partial charge in [0.15, 0.2) is 17.5 Å². The maximum atomic E-state index is 14.8. The van der Waals surface area contributed by atoms with Crippen molar-refractivity contribution in [3.63, 3.8) is 0 Å². The molecule has 4 rings (SSSR count). The second-order valence-electron chi connectivity index (χ2n) is 7.14. The van der Waals surface area contributed by atoms with Crippen LogP contribution < -0.4 is 11.3 Å². The molecule has 0 unspecified atom stereocenters. The Labute approximate surface area is 183 Å². The molecule has 0 amide bonds. The largest absolute Gasteiger partial charge is 0.381 e. The first-order valence-electron chi connectivity index (χ1n) is 9.91. The Hall–Kier alpha value is -4.32. The van der Waals surface area contributed by atoms with Crippen molar-refractivity contribution >= 4 is 5.82 Å². The van der Waals surface area contributed by atoms with Crippen LogP contribution in [-0.4, -0.2) is 29.5 Å². The summed E-state index contributed by atoms with van der Waals surface area (Å²) in [6.45, 7) is 4.47. The van der Waals surface area contributed by atoms with Gasteiger partial charge < -0.3 is 10.3 Å². The molecule has 0 fully saturated rings. The number of nitrogens with two attached hydrogens (primary N) is 1. The summed E-state index contributed by atoms with van der Waals surface area (Å²) in [4.78, 5) is 20.9. The molecule has 0 saturated heterocycles. The molecule has 4 aromatic rings. The fraction of sp³-hybridized carbons (Fsp3) is 0.174. The second-order valence-corrected chi connectivity index (χ2v) is 7.14. The first-order chi connectivity index (χ1) is 15.4. The number of aryl methyl sites for hydroxylation is 1. The number of nitrogens with zero attached hydrogens (tertiary/aromatic N) is 6. The van der Waals surface area contributed by atoms with Gasteiger partial charge in [-0.05, 0) is 31.5 Å². The summed E-state index contributed by atoms with van der Waals surface area (Å²) >= 11 is 0. The van der Waals surface area contributed by atoms with E-state index in [1.165, 1.54) is 10.9 Å². The Bertz CT molecular complexity index is 1410. The van der Waals surface area contributed by atoms with Gasteiger partial charge >= 0.3 is 0 Å². The molecule has 0 aliphatic heterocycles. The number of terminal acetylenes is 1. The zero-order chi connectivity index (χ0) is 22.8. The molecule has 0 aliphatic carbocycles.